The zero-order valence-corrected chi connectivity index (χ0v) is 12.0. The summed E-state index contributed by atoms with van der Waals surface area (Å²) in [5, 5.41) is -0.180. The van der Waals surface area contributed by atoms with Gasteiger partial charge in [-0.15, -0.1) is 0 Å². The van der Waals surface area contributed by atoms with Gasteiger partial charge in [0.05, 0.1) is 5.25 Å². The molecule has 1 saturated carbocycles. The van der Waals surface area contributed by atoms with E-state index in [0.29, 0.717) is 5.92 Å². The summed E-state index contributed by atoms with van der Waals surface area (Å²) in [4.78, 5) is 0. The monoisotopic (exact) mass is 275 g/mol. The molecule has 2 aliphatic rings. The fraction of sp³-hybridized carbons (Fsp3) is 1.00. The van der Waals surface area contributed by atoms with E-state index in [-0.39, 0.29) is 10.8 Å². The van der Waals surface area contributed by atoms with E-state index in [1.807, 2.05) is 0 Å². The van der Waals surface area contributed by atoms with E-state index in [1.165, 1.54) is 6.26 Å². The molecule has 0 radical (unpaired) electrons. The Labute approximate surface area is 110 Å². The van der Waals surface area contributed by atoms with Crippen LogP contribution in [0, 0.1) is 5.92 Å². The maximum absolute atomic E-state index is 11.7. The third-order valence-electron chi connectivity index (χ3n) is 4.69. The molecule has 2 N–H and O–H groups in total. The summed E-state index contributed by atoms with van der Waals surface area (Å²) in [6.45, 7) is 1.51. The Morgan fingerprint density at radius 2 is 1.94 bits per heavy atom. The number of rotatable bonds is 2. The third-order valence-corrected chi connectivity index (χ3v) is 6.33. The molecule has 3 unspecified atom stereocenters. The van der Waals surface area contributed by atoms with Crippen molar-refractivity contribution >= 4 is 9.84 Å². The van der Waals surface area contributed by atoms with E-state index in [0.717, 1.165) is 58.2 Å². The fourth-order valence-electron chi connectivity index (χ4n) is 3.46. The molecule has 2 rings (SSSR count). The lowest BCUT2D eigenvalue weighted by Crippen LogP contribution is -2.50. The van der Waals surface area contributed by atoms with Crippen LogP contribution in [0.25, 0.3) is 0 Å². The molecule has 1 aliphatic carbocycles. The summed E-state index contributed by atoms with van der Waals surface area (Å²) in [5.41, 5.74) is 6.36. The van der Waals surface area contributed by atoms with Gasteiger partial charge < -0.3 is 10.5 Å². The van der Waals surface area contributed by atoms with Crippen LogP contribution in [-0.2, 0) is 14.6 Å². The lowest BCUT2D eigenvalue weighted by atomic mass is 9.71. The van der Waals surface area contributed by atoms with E-state index in [1.54, 1.807) is 0 Å². The van der Waals surface area contributed by atoms with Crippen molar-refractivity contribution in [3.8, 4) is 0 Å². The minimum Gasteiger partial charge on any atom is -0.381 e. The molecule has 0 aromatic heterocycles. The molecule has 3 atom stereocenters. The Balaban J connectivity index is 2.07. The number of hydrogen-bond donors (Lipinski definition) is 1. The minimum atomic E-state index is -2.92. The van der Waals surface area contributed by atoms with E-state index >= 15 is 0 Å². The normalized spacial score (nSPS) is 39.2. The van der Waals surface area contributed by atoms with Gasteiger partial charge in [0, 0.05) is 25.0 Å². The zero-order chi connectivity index (χ0) is 13.2. The van der Waals surface area contributed by atoms with Gasteiger partial charge in [0.2, 0.25) is 0 Å². The van der Waals surface area contributed by atoms with Gasteiger partial charge in [-0.3, -0.25) is 0 Å². The highest BCUT2D eigenvalue weighted by atomic mass is 32.2. The van der Waals surface area contributed by atoms with Crippen molar-refractivity contribution in [2.24, 2.45) is 11.7 Å². The van der Waals surface area contributed by atoms with Gasteiger partial charge in [0.1, 0.15) is 9.84 Å². The first kappa shape index (κ1) is 14.3. The summed E-state index contributed by atoms with van der Waals surface area (Å²) >= 11 is 0. The molecule has 0 spiro atoms. The predicted octanol–water partition coefficient (Wildman–Crippen LogP) is 1.49. The Bertz CT molecular complexity index is 372. The molecule has 5 heteroatoms. The second-order valence-electron chi connectivity index (χ2n) is 6.01. The molecular weight excluding hydrogens is 250 g/mol. The second kappa shape index (κ2) is 5.47. The molecule has 0 bridgehead atoms. The number of ether oxygens (including phenoxy) is 1. The molecular formula is C13H25NO3S. The van der Waals surface area contributed by atoms with E-state index in [4.69, 9.17) is 10.5 Å². The van der Waals surface area contributed by atoms with Gasteiger partial charge in [-0.2, -0.15) is 0 Å². The van der Waals surface area contributed by atoms with Crippen LogP contribution in [0.2, 0.25) is 0 Å². The van der Waals surface area contributed by atoms with E-state index in [2.05, 4.69) is 0 Å². The fourth-order valence-corrected chi connectivity index (χ4v) is 4.63. The van der Waals surface area contributed by atoms with Gasteiger partial charge in [0.25, 0.3) is 0 Å². The molecule has 1 aliphatic heterocycles. The minimum absolute atomic E-state index is 0.180. The SMILES string of the molecule is CS(=O)(=O)C1CCCC(C2(N)CCCOCC2)C1. The maximum Gasteiger partial charge on any atom is 0.150 e. The molecule has 106 valence electrons. The zero-order valence-electron chi connectivity index (χ0n) is 11.2. The van der Waals surface area contributed by atoms with Crippen LogP contribution in [0.3, 0.4) is 0 Å². The highest BCUT2D eigenvalue weighted by Crippen LogP contribution is 2.38. The summed E-state index contributed by atoms with van der Waals surface area (Å²) in [6, 6.07) is 0. The number of nitrogens with two attached hydrogens (primary N) is 1. The van der Waals surface area contributed by atoms with Crippen molar-refractivity contribution in [1.82, 2.24) is 0 Å². The molecule has 0 amide bonds. The van der Waals surface area contributed by atoms with Crippen molar-refractivity contribution < 1.29 is 13.2 Å². The largest absolute Gasteiger partial charge is 0.381 e. The first-order chi connectivity index (χ1) is 8.42. The van der Waals surface area contributed by atoms with Crippen LogP contribution >= 0.6 is 0 Å². The van der Waals surface area contributed by atoms with Crippen LogP contribution in [-0.4, -0.2) is 38.7 Å². The summed E-state index contributed by atoms with van der Waals surface area (Å²) in [6.07, 6.45) is 7.81. The molecule has 2 fully saturated rings. The summed E-state index contributed by atoms with van der Waals surface area (Å²) in [5.74, 6) is 0.340. The van der Waals surface area contributed by atoms with Crippen molar-refractivity contribution in [3.05, 3.63) is 0 Å². The topological polar surface area (TPSA) is 69.4 Å². The van der Waals surface area contributed by atoms with Crippen molar-refractivity contribution in [2.45, 2.75) is 55.7 Å². The Hall–Kier alpha value is -0.130. The quantitative estimate of drug-likeness (QED) is 0.829. The van der Waals surface area contributed by atoms with E-state index in [9.17, 15) is 8.42 Å². The van der Waals surface area contributed by atoms with Crippen LogP contribution in [0.1, 0.15) is 44.9 Å². The number of hydrogen-bond acceptors (Lipinski definition) is 4. The number of sulfone groups is 1. The first-order valence-corrected chi connectivity index (χ1v) is 8.93. The molecule has 4 nitrogen and oxygen atoms in total. The predicted molar refractivity (Wildman–Crippen MR) is 72.2 cm³/mol. The van der Waals surface area contributed by atoms with Gasteiger partial charge in [-0.05, 0) is 44.4 Å². The lowest BCUT2D eigenvalue weighted by molar-refractivity contribution is 0.127. The third kappa shape index (κ3) is 3.25. The van der Waals surface area contributed by atoms with Crippen molar-refractivity contribution in [2.75, 3.05) is 19.5 Å². The van der Waals surface area contributed by atoms with Crippen LogP contribution in [0.5, 0.6) is 0 Å². The van der Waals surface area contributed by atoms with Crippen molar-refractivity contribution in [1.29, 1.82) is 0 Å². The maximum atomic E-state index is 11.7. The van der Waals surface area contributed by atoms with Gasteiger partial charge >= 0.3 is 0 Å². The second-order valence-corrected chi connectivity index (χ2v) is 8.34. The van der Waals surface area contributed by atoms with Crippen LogP contribution in [0.4, 0.5) is 0 Å². The van der Waals surface area contributed by atoms with E-state index < -0.39 is 9.84 Å². The van der Waals surface area contributed by atoms with Crippen LogP contribution < -0.4 is 5.73 Å². The van der Waals surface area contributed by atoms with Crippen LogP contribution in [0.15, 0.2) is 0 Å². The standard InChI is InChI=1S/C13H25NO3S/c1-18(15,16)12-5-2-4-11(10-12)13(14)6-3-8-17-9-7-13/h11-12H,2-10,14H2,1H3. The van der Waals surface area contributed by atoms with Gasteiger partial charge in [0.15, 0.2) is 0 Å². The Kier molecular flexibility index (Phi) is 4.34. The summed E-state index contributed by atoms with van der Waals surface area (Å²) in [7, 11) is -2.92. The Morgan fingerprint density at radius 1 is 1.17 bits per heavy atom. The Morgan fingerprint density at radius 3 is 2.67 bits per heavy atom. The highest BCUT2D eigenvalue weighted by molar-refractivity contribution is 7.91. The smallest absolute Gasteiger partial charge is 0.150 e. The first-order valence-electron chi connectivity index (χ1n) is 6.97. The molecule has 18 heavy (non-hydrogen) atoms. The lowest BCUT2D eigenvalue weighted by Gasteiger charge is -2.41. The molecule has 0 aromatic carbocycles. The average molecular weight is 275 g/mol. The molecule has 1 saturated heterocycles. The van der Waals surface area contributed by atoms with Gasteiger partial charge in [-0.25, -0.2) is 8.42 Å². The van der Waals surface area contributed by atoms with Gasteiger partial charge in [-0.1, -0.05) is 6.42 Å². The van der Waals surface area contributed by atoms with Crippen molar-refractivity contribution in [3.63, 3.8) is 0 Å². The molecule has 0 aromatic rings. The summed E-state index contributed by atoms with van der Waals surface area (Å²) < 4.78 is 28.9. The average Bonchev–Trinajstić information content (AvgIpc) is 2.54. The molecule has 1 heterocycles. The highest BCUT2D eigenvalue weighted by Gasteiger charge is 2.40.